The van der Waals surface area contributed by atoms with Gasteiger partial charge in [-0.2, -0.15) is 0 Å². The minimum atomic E-state index is -1.21. The molecule has 2 aromatic rings. The number of anilines is 1. The lowest BCUT2D eigenvalue weighted by atomic mass is 9.80. The number of rotatable bonds is 5. The van der Waals surface area contributed by atoms with E-state index in [0.717, 1.165) is 11.6 Å². The standard InChI is InChI=1S/C19H19F3N4O/c20-14-7-16(22)15(21)6-13(14)12-3-1-10(5-17(12)23)8-25-18-4-2-11(9-26-18)19(24)27/h1-2,4,6-7,9,12,17H,3,5,8,23H2,(H2,24,27)(H,25,26)/t12-,17+/m1/s1. The highest BCUT2D eigenvalue weighted by Gasteiger charge is 2.27. The fraction of sp³-hybridized carbons (Fsp3) is 0.263. The van der Waals surface area contributed by atoms with Crippen LogP contribution in [0.5, 0.6) is 0 Å². The molecule has 1 aliphatic rings. The van der Waals surface area contributed by atoms with Gasteiger partial charge in [0.05, 0.1) is 5.56 Å². The summed E-state index contributed by atoms with van der Waals surface area (Å²) in [7, 11) is 0. The molecule has 8 heteroatoms. The van der Waals surface area contributed by atoms with E-state index in [-0.39, 0.29) is 5.56 Å². The number of primary amides is 1. The number of nitrogens with one attached hydrogen (secondary N) is 1. The van der Waals surface area contributed by atoms with E-state index in [1.165, 1.54) is 6.20 Å². The number of benzene rings is 1. The van der Waals surface area contributed by atoms with Crippen LogP contribution in [0.25, 0.3) is 0 Å². The van der Waals surface area contributed by atoms with E-state index >= 15 is 0 Å². The highest BCUT2D eigenvalue weighted by molar-refractivity contribution is 5.92. The van der Waals surface area contributed by atoms with E-state index in [1.807, 2.05) is 6.08 Å². The van der Waals surface area contributed by atoms with Crippen LogP contribution < -0.4 is 16.8 Å². The largest absolute Gasteiger partial charge is 0.366 e. The van der Waals surface area contributed by atoms with Gasteiger partial charge in [-0.15, -0.1) is 0 Å². The number of nitrogens with zero attached hydrogens (tertiary/aromatic N) is 1. The maximum absolute atomic E-state index is 14.0. The van der Waals surface area contributed by atoms with Gasteiger partial charge in [0.15, 0.2) is 11.6 Å². The van der Waals surface area contributed by atoms with E-state index in [2.05, 4.69) is 10.3 Å². The predicted molar refractivity (Wildman–Crippen MR) is 95.6 cm³/mol. The van der Waals surface area contributed by atoms with Crippen LogP contribution in [-0.2, 0) is 0 Å². The molecular weight excluding hydrogens is 357 g/mol. The molecule has 5 N–H and O–H groups in total. The number of halogens is 3. The van der Waals surface area contributed by atoms with Gasteiger partial charge in [0.25, 0.3) is 0 Å². The van der Waals surface area contributed by atoms with Gasteiger partial charge in [-0.1, -0.05) is 11.6 Å². The van der Waals surface area contributed by atoms with Crippen LogP contribution in [0.3, 0.4) is 0 Å². The predicted octanol–water partition coefficient (Wildman–Crippen LogP) is 2.84. The summed E-state index contributed by atoms with van der Waals surface area (Å²) in [4.78, 5) is 15.1. The second-order valence-electron chi connectivity index (χ2n) is 6.51. The minimum Gasteiger partial charge on any atom is -0.366 e. The Balaban J connectivity index is 1.65. The first-order chi connectivity index (χ1) is 12.8. The Hall–Kier alpha value is -2.87. The zero-order valence-electron chi connectivity index (χ0n) is 14.4. The quantitative estimate of drug-likeness (QED) is 0.552. The van der Waals surface area contributed by atoms with Crippen LogP contribution in [-0.4, -0.2) is 23.5 Å². The summed E-state index contributed by atoms with van der Waals surface area (Å²) in [6.45, 7) is 0.476. The summed E-state index contributed by atoms with van der Waals surface area (Å²) in [6.07, 6.45) is 4.21. The van der Waals surface area contributed by atoms with E-state index in [4.69, 9.17) is 11.5 Å². The van der Waals surface area contributed by atoms with Gasteiger partial charge in [-0.05, 0) is 36.6 Å². The number of amides is 1. The third-order valence-corrected chi connectivity index (χ3v) is 4.66. The Labute approximate surface area is 154 Å². The first kappa shape index (κ1) is 18.9. The van der Waals surface area contributed by atoms with Crippen LogP contribution in [0, 0.1) is 17.5 Å². The molecule has 0 saturated carbocycles. The Bertz CT molecular complexity index is 883. The molecule has 0 aliphatic heterocycles. The molecule has 0 unspecified atom stereocenters. The van der Waals surface area contributed by atoms with Crippen molar-refractivity contribution in [2.75, 3.05) is 11.9 Å². The molecule has 2 atom stereocenters. The highest BCUT2D eigenvalue weighted by atomic mass is 19.2. The normalized spacial score (nSPS) is 19.5. The van der Waals surface area contributed by atoms with Crippen molar-refractivity contribution in [2.24, 2.45) is 11.5 Å². The number of carbonyl (C=O) groups excluding carboxylic acids is 1. The van der Waals surface area contributed by atoms with Crippen LogP contribution in [0.4, 0.5) is 19.0 Å². The zero-order valence-corrected chi connectivity index (χ0v) is 14.4. The summed E-state index contributed by atoms with van der Waals surface area (Å²) in [5, 5.41) is 3.11. The SMILES string of the molecule is NC(=O)c1ccc(NCC2=CC[C@H](c3cc(F)c(F)cc3F)[C@@H](N)C2)nc1. The molecule has 5 nitrogen and oxygen atoms in total. The topological polar surface area (TPSA) is 94.0 Å². The number of hydrogen-bond donors (Lipinski definition) is 3. The number of aromatic nitrogens is 1. The molecule has 3 rings (SSSR count). The smallest absolute Gasteiger partial charge is 0.250 e. The van der Waals surface area contributed by atoms with Crippen molar-refractivity contribution in [3.05, 3.63) is 70.7 Å². The molecule has 0 radical (unpaired) electrons. The zero-order chi connectivity index (χ0) is 19.6. The van der Waals surface area contributed by atoms with Gasteiger partial charge in [-0.25, -0.2) is 18.2 Å². The van der Waals surface area contributed by atoms with Crippen molar-refractivity contribution in [1.82, 2.24) is 4.98 Å². The molecular formula is C19H19F3N4O. The summed E-state index contributed by atoms with van der Waals surface area (Å²) in [5.41, 5.74) is 12.7. The molecule has 0 saturated heterocycles. The number of nitrogens with two attached hydrogens (primary N) is 2. The van der Waals surface area contributed by atoms with Gasteiger partial charge < -0.3 is 16.8 Å². The lowest BCUT2D eigenvalue weighted by molar-refractivity contribution is 0.1000. The van der Waals surface area contributed by atoms with E-state index in [0.29, 0.717) is 36.8 Å². The molecule has 0 fully saturated rings. The van der Waals surface area contributed by atoms with E-state index < -0.39 is 35.3 Å². The lowest BCUT2D eigenvalue weighted by Gasteiger charge is -2.29. The van der Waals surface area contributed by atoms with Crippen molar-refractivity contribution in [3.8, 4) is 0 Å². The fourth-order valence-electron chi connectivity index (χ4n) is 3.17. The Morgan fingerprint density at radius 2 is 1.93 bits per heavy atom. The Morgan fingerprint density at radius 1 is 1.19 bits per heavy atom. The molecule has 1 aromatic carbocycles. The number of pyridine rings is 1. The second kappa shape index (κ2) is 7.79. The summed E-state index contributed by atoms with van der Waals surface area (Å²) >= 11 is 0. The Morgan fingerprint density at radius 3 is 2.56 bits per heavy atom. The maximum Gasteiger partial charge on any atom is 0.250 e. The average molecular weight is 376 g/mol. The molecule has 1 amide bonds. The molecule has 1 aliphatic carbocycles. The monoisotopic (exact) mass is 376 g/mol. The van der Waals surface area contributed by atoms with Crippen molar-refractivity contribution in [2.45, 2.75) is 24.8 Å². The number of carbonyl (C=O) groups is 1. The van der Waals surface area contributed by atoms with Gasteiger partial charge in [0.1, 0.15) is 11.6 Å². The van der Waals surface area contributed by atoms with Crippen molar-refractivity contribution in [1.29, 1.82) is 0 Å². The molecule has 0 spiro atoms. The average Bonchev–Trinajstić information content (AvgIpc) is 2.64. The Kier molecular flexibility index (Phi) is 5.46. The minimum absolute atomic E-state index is 0.0911. The van der Waals surface area contributed by atoms with Crippen molar-refractivity contribution >= 4 is 11.7 Å². The molecule has 1 heterocycles. The first-order valence-electron chi connectivity index (χ1n) is 8.43. The molecule has 0 bridgehead atoms. The highest BCUT2D eigenvalue weighted by Crippen LogP contribution is 2.33. The van der Waals surface area contributed by atoms with Gasteiger partial charge in [0, 0.05) is 30.8 Å². The third-order valence-electron chi connectivity index (χ3n) is 4.66. The number of hydrogen-bond acceptors (Lipinski definition) is 4. The molecule has 142 valence electrons. The summed E-state index contributed by atoms with van der Waals surface area (Å²) in [5.74, 6) is -3.48. The first-order valence-corrected chi connectivity index (χ1v) is 8.43. The summed E-state index contributed by atoms with van der Waals surface area (Å²) < 4.78 is 40.6. The van der Waals surface area contributed by atoms with Gasteiger partial charge in [0.2, 0.25) is 5.91 Å². The molecule has 27 heavy (non-hydrogen) atoms. The van der Waals surface area contributed by atoms with E-state index in [1.54, 1.807) is 12.1 Å². The van der Waals surface area contributed by atoms with Crippen LogP contribution in [0.1, 0.15) is 34.7 Å². The second-order valence-corrected chi connectivity index (χ2v) is 6.51. The van der Waals surface area contributed by atoms with E-state index in [9.17, 15) is 18.0 Å². The molecule has 1 aromatic heterocycles. The van der Waals surface area contributed by atoms with Gasteiger partial charge >= 0.3 is 0 Å². The van der Waals surface area contributed by atoms with Crippen molar-refractivity contribution < 1.29 is 18.0 Å². The van der Waals surface area contributed by atoms with Crippen LogP contribution in [0.2, 0.25) is 0 Å². The third kappa shape index (κ3) is 4.28. The van der Waals surface area contributed by atoms with Crippen LogP contribution >= 0.6 is 0 Å². The number of allylic oxidation sites excluding steroid dienone is 1. The van der Waals surface area contributed by atoms with Gasteiger partial charge in [-0.3, -0.25) is 4.79 Å². The lowest BCUT2D eigenvalue weighted by Crippen LogP contribution is -2.33. The maximum atomic E-state index is 14.0. The van der Waals surface area contributed by atoms with Crippen LogP contribution in [0.15, 0.2) is 42.1 Å². The fourth-order valence-corrected chi connectivity index (χ4v) is 3.17. The summed E-state index contributed by atoms with van der Waals surface area (Å²) in [6, 6.07) is 4.23. The van der Waals surface area contributed by atoms with Crippen molar-refractivity contribution in [3.63, 3.8) is 0 Å².